The van der Waals surface area contributed by atoms with Crippen molar-refractivity contribution in [3.8, 4) is 0 Å². The molecule has 0 unspecified atom stereocenters. The second kappa shape index (κ2) is 9.49. The molecular weight excluding hydrogens is 450 g/mol. The molecule has 9 nitrogen and oxygen atoms in total. The zero-order valence-corrected chi connectivity index (χ0v) is 19.2. The van der Waals surface area contributed by atoms with E-state index < -0.39 is 10.3 Å². The fourth-order valence-electron chi connectivity index (χ4n) is 3.93. The standard InChI is InChI=1S/C21H25N5O4S2/c1-14-4-5-26(9-14)10-16-7-19(31-12-16)20(27)18-8-23-13-24-21(18)25-17-3-2-15(6-17)11-30-32(22,28)29/h4-5,7-9,12-13,15,17H,2-3,6,10-11H2,1H3,(H2,22,28,29)(H,23,24,25)/t15-,17+/m1/s1. The minimum absolute atomic E-state index is 0.0569. The van der Waals surface area contributed by atoms with Crippen molar-refractivity contribution >= 4 is 33.2 Å². The van der Waals surface area contributed by atoms with Crippen molar-refractivity contribution in [3.05, 3.63) is 64.0 Å². The van der Waals surface area contributed by atoms with Gasteiger partial charge in [-0.15, -0.1) is 11.3 Å². The number of ketones is 1. The summed E-state index contributed by atoms with van der Waals surface area (Å²) in [6, 6.07) is 4.02. The topological polar surface area (TPSA) is 129 Å². The summed E-state index contributed by atoms with van der Waals surface area (Å²) in [7, 11) is -3.94. The van der Waals surface area contributed by atoms with Gasteiger partial charge in [-0.3, -0.25) is 8.98 Å². The van der Waals surface area contributed by atoms with Crippen molar-refractivity contribution in [2.75, 3.05) is 11.9 Å². The molecule has 0 bridgehead atoms. The lowest BCUT2D eigenvalue weighted by Gasteiger charge is -2.15. The van der Waals surface area contributed by atoms with Crippen molar-refractivity contribution in [2.24, 2.45) is 11.1 Å². The first-order chi connectivity index (χ1) is 15.3. The molecule has 1 fully saturated rings. The lowest BCUT2D eigenvalue weighted by atomic mass is 10.1. The number of hydrogen-bond acceptors (Lipinski definition) is 8. The maximum atomic E-state index is 13.2. The van der Waals surface area contributed by atoms with Crippen LogP contribution in [0.2, 0.25) is 0 Å². The fourth-order valence-corrected chi connectivity index (χ4v) is 5.17. The summed E-state index contributed by atoms with van der Waals surface area (Å²) in [6.45, 7) is 2.81. The first kappa shape index (κ1) is 22.6. The smallest absolute Gasteiger partial charge is 0.333 e. The maximum Gasteiger partial charge on any atom is 0.333 e. The van der Waals surface area contributed by atoms with Gasteiger partial charge in [-0.1, -0.05) is 0 Å². The Morgan fingerprint density at radius 1 is 1.41 bits per heavy atom. The molecule has 0 spiro atoms. The van der Waals surface area contributed by atoms with Gasteiger partial charge < -0.3 is 9.88 Å². The minimum atomic E-state index is -3.94. The summed E-state index contributed by atoms with van der Waals surface area (Å²) in [5.41, 5.74) is 2.68. The van der Waals surface area contributed by atoms with Crippen LogP contribution in [0.5, 0.6) is 0 Å². The molecule has 1 aliphatic carbocycles. The molecule has 1 saturated carbocycles. The van der Waals surface area contributed by atoms with Crippen LogP contribution in [0.4, 0.5) is 5.82 Å². The highest BCUT2D eigenvalue weighted by Gasteiger charge is 2.27. The third-order valence-corrected chi connectivity index (χ3v) is 6.89. The summed E-state index contributed by atoms with van der Waals surface area (Å²) in [6.07, 6.45) is 9.34. The lowest BCUT2D eigenvalue weighted by Crippen LogP contribution is -2.22. The highest BCUT2D eigenvalue weighted by molar-refractivity contribution is 7.84. The van der Waals surface area contributed by atoms with Crippen LogP contribution in [0, 0.1) is 12.8 Å². The fraction of sp³-hybridized carbons (Fsp3) is 0.381. The molecule has 3 aromatic rings. The number of aromatic nitrogens is 3. The van der Waals surface area contributed by atoms with Gasteiger partial charge in [0.15, 0.2) is 0 Å². The van der Waals surface area contributed by atoms with E-state index >= 15 is 0 Å². The Morgan fingerprint density at radius 3 is 3.00 bits per heavy atom. The van der Waals surface area contributed by atoms with Crippen molar-refractivity contribution in [2.45, 2.75) is 38.8 Å². The molecule has 0 aliphatic heterocycles. The molecule has 3 aromatic heterocycles. The van der Waals surface area contributed by atoms with Crippen LogP contribution in [-0.2, 0) is 21.0 Å². The number of rotatable bonds is 9. The molecule has 1 aliphatic rings. The van der Waals surface area contributed by atoms with E-state index in [1.165, 1.54) is 29.4 Å². The highest BCUT2D eigenvalue weighted by Crippen LogP contribution is 2.30. The number of nitrogens with two attached hydrogens (primary N) is 1. The largest absolute Gasteiger partial charge is 0.367 e. The van der Waals surface area contributed by atoms with Gasteiger partial charge >= 0.3 is 10.3 Å². The van der Waals surface area contributed by atoms with E-state index in [1.807, 2.05) is 30.6 Å². The van der Waals surface area contributed by atoms with Crippen molar-refractivity contribution in [1.82, 2.24) is 14.5 Å². The Bertz CT molecular complexity index is 1200. The number of nitrogens with one attached hydrogen (secondary N) is 1. The van der Waals surface area contributed by atoms with E-state index in [-0.39, 0.29) is 24.3 Å². The molecule has 0 radical (unpaired) electrons. The Hall–Kier alpha value is -2.60. The van der Waals surface area contributed by atoms with E-state index in [4.69, 9.17) is 9.32 Å². The van der Waals surface area contributed by atoms with E-state index in [9.17, 15) is 13.2 Å². The van der Waals surface area contributed by atoms with Crippen molar-refractivity contribution in [3.63, 3.8) is 0 Å². The van der Waals surface area contributed by atoms with Gasteiger partial charge in [-0.25, -0.2) is 15.1 Å². The van der Waals surface area contributed by atoms with E-state index in [0.29, 0.717) is 29.2 Å². The zero-order valence-electron chi connectivity index (χ0n) is 17.6. The highest BCUT2D eigenvalue weighted by atomic mass is 32.2. The molecular formula is C21H25N5O4S2. The third kappa shape index (κ3) is 5.80. The Morgan fingerprint density at radius 2 is 2.25 bits per heavy atom. The number of thiophene rings is 1. The van der Waals surface area contributed by atoms with Crippen molar-refractivity contribution < 1.29 is 17.4 Å². The van der Waals surface area contributed by atoms with Gasteiger partial charge in [-0.05, 0) is 60.7 Å². The average Bonchev–Trinajstić information content (AvgIpc) is 3.48. The molecule has 11 heteroatoms. The number of carbonyl (C=O) groups is 1. The summed E-state index contributed by atoms with van der Waals surface area (Å²) in [5, 5.41) is 10.2. The SMILES string of the molecule is Cc1ccn(Cc2csc(C(=O)c3cncnc3N[C@H]3CC[C@@H](COS(N)(=O)=O)C3)c2)c1. The molecule has 32 heavy (non-hydrogen) atoms. The average molecular weight is 476 g/mol. The summed E-state index contributed by atoms with van der Waals surface area (Å²) >= 11 is 1.41. The van der Waals surface area contributed by atoms with Crippen molar-refractivity contribution in [1.29, 1.82) is 0 Å². The molecule has 4 rings (SSSR count). The second-order valence-corrected chi connectivity index (χ2v) is 10.2. The predicted molar refractivity (Wildman–Crippen MR) is 122 cm³/mol. The van der Waals surface area contributed by atoms with Crippen LogP contribution in [0.25, 0.3) is 0 Å². The summed E-state index contributed by atoms with van der Waals surface area (Å²) < 4.78 is 28.8. The Labute approximate surface area is 190 Å². The van der Waals surface area contributed by atoms with Gasteiger partial charge in [0, 0.05) is 31.2 Å². The molecule has 0 saturated heterocycles. The quantitative estimate of drug-likeness (QED) is 0.455. The first-order valence-corrected chi connectivity index (χ1v) is 12.6. The Balaban J connectivity index is 1.42. The van der Waals surface area contributed by atoms with Gasteiger partial charge in [0.25, 0.3) is 0 Å². The van der Waals surface area contributed by atoms with Gasteiger partial charge in [0.1, 0.15) is 12.1 Å². The number of carbonyl (C=O) groups excluding carboxylic acids is 1. The maximum absolute atomic E-state index is 13.2. The normalized spacial score (nSPS) is 18.7. The second-order valence-electron chi connectivity index (χ2n) is 8.09. The lowest BCUT2D eigenvalue weighted by molar-refractivity contribution is 0.104. The zero-order chi connectivity index (χ0) is 22.7. The number of aryl methyl sites for hydroxylation is 1. The van der Waals surface area contributed by atoms with Crippen LogP contribution < -0.4 is 10.5 Å². The van der Waals surface area contributed by atoms with E-state index in [2.05, 4.69) is 26.0 Å². The van der Waals surface area contributed by atoms with Crippen LogP contribution >= 0.6 is 11.3 Å². The van der Waals surface area contributed by atoms with Gasteiger partial charge in [0.2, 0.25) is 5.78 Å². The third-order valence-electron chi connectivity index (χ3n) is 5.45. The molecule has 2 atom stereocenters. The molecule has 0 amide bonds. The molecule has 3 N–H and O–H groups in total. The van der Waals surface area contributed by atoms with Crippen LogP contribution in [0.3, 0.4) is 0 Å². The number of anilines is 1. The first-order valence-electron chi connectivity index (χ1n) is 10.2. The van der Waals surface area contributed by atoms with Crippen LogP contribution in [0.15, 0.2) is 42.4 Å². The minimum Gasteiger partial charge on any atom is -0.367 e. The number of nitrogens with zero attached hydrogens (tertiary/aromatic N) is 3. The van der Waals surface area contributed by atoms with E-state index in [1.54, 1.807) is 0 Å². The predicted octanol–water partition coefficient (Wildman–Crippen LogP) is 2.73. The van der Waals surface area contributed by atoms with Gasteiger partial charge in [0.05, 0.1) is 17.0 Å². The molecule has 170 valence electrons. The summed E-state index contributed by atoms with van der Waals surface area (Å²) in [4.78, 5) is 22.1. The number of hydrogen-bond donors (Lipinski definition) is 2. The summed E-state index contributed by atoms with van der Waals surface area (Å²) in [5.74, 6) is 0.433. The van der Waals surface area contributed by atoms with Gasteiger partial charge in [-0.2, -0.15) is 8.42 Å². The molecule has 0 aromatic carbocycles. The van der Waals surface area contributed by atoms with Crippen LogP contribution in [0.1, 0.15) is 45.6 Å². The Kier molecular flexibility index (Phi) is 6.70. The molecule has 3 heterocycles. The van der Waals surface area contributed by atoms with Crippen LogP contribution in [-0.4, -0.2) is 41.4 Å². The van der Waals surface area contributed by atoms with E-state index in [0.717, 1.165) is 18.4 Å². The monoisotopic (exact) mass is 475 g/mol.